The largest absolute Gasteiger partial charge is 0.496 e. The Kier molecular flexibility index (Phi) is 5.79. The van der Waals surface area contributed by atoms with Crippen LogP contribution in [0.2, 0.25) is 0 Å². The van der Waals surface area contributed by atoms with Gasteiger partial charge in [0.15, 0.2) is 0 Å². The van der Waals surface area contributed by atoms with Crippen LogP contribution in [-0.2, 0) is 12.8 Å². The minimum atomic E-state index is -0.329. The fourth-order valence-electron chi connectivity index (χ4n) is 3.37. The van der Waals surface area contributed by atoms with E-state index in [4.69, 9.17) is 9.47 Å². The van der Waals surface area contributed by atoms with E-state index in [-0.39, 0.29) is 5.91 Å². The molecule has 1 aromatic carbocycles. The number of amides is 1. The topological polar surface area (TPSA) is 71.3 Å². The molecule has 0 saturated heterocycles. The van der Waals surface area contributed by atoms with Crippen molar-refractivity contribution in [3.63, 3.8) is 0 Å². The second-order valence-electron chi connectivity index (χ2n) is 6.23. The lowest BCUT2D eigenvalue weighted by Gasteiger charge is -2.12. The molecule has 1 amide bonds. The van der Waals surface area contributed by atoms with Crippen LogP contribution in [-0.4, -0.2) is 20.1 Å². The maximum atomic E-state index is 12.9. The summed E-state index contributed by atoms with van der Waals surface area (Å²) in [4.78, 5) is 14.1. The first-order chi connectivity index (χ1) is 12.7. The van der Waals surface area contributed by atoms with Crippen molar-refractivity contribution in [2.45, 2.75) is 38.5 Å². The molecular weight excluding hydrogens is 348 g/mol. The van der Waals surface area contributed by atoms with E-state index >= 15 is 0 Å². The highest BCUT2D eigenvalue weighted by Gasteiger charge is 2.23. The number of hydrogen-bond acceptors (Lipinski definition) is 5. The molecule has 1 N–H and O–H groups in total. The molecule has 136 valence electrons. The first-order valence-corrected chi connectivity index (χ1v) is 9.58. The SMILES string of the molecule is COc1cccc(OC)c1C(=O)Nc1sc2c(c1C#N)CCCCCC2. The third-order valence-electron chi connectivity index (χ3n) is 4.67. The number of rotatable bonds is 4. The molecule has 1 heterocycles. The van der Waals surface area contributed by atoms with E-state index in [9.17, 15) is 10.1 Å². The summed E-state index contributed by atoms with van der Waals surface area (Å²) in [5.41, 5.74) is 2.05. The Hall–Kier alpha value is -2.52. The number of nitrogens with zero attached hydrogens (tertiary/aromatic N) is 1. The van der Waals surface area contributed by atoms with Crippen molar-refractivity contribution >= 4 is 22.2 Å². The summed E-state index contributed by atoms with van der Waals surface area (Å²) in [6, 6.07) is 7.51. The summed E-state index contributed by atoms with van der Waals surface area (Å²) in [6.45, 7) is 0. The maximum absolute atomic E-state index is 12.9. The van der Waals surface area contributed by atoms with Crippen LogP contribution in [0.4, 0.5) is 5.00 Å². The average Bonchev–Trinajstić information content (AvgIpc) is 2.96. The lowest BCUT2D eigenvalue weighted by Crippen LogP contribution is -2.14. The molecule has 0 fully saturated rings. The van der Waals surface area contributed by atoms with Crippen molar-refractivity contribution in [1.29, 1.82) is 5.26 Å². The van der Waals surface area contributed by atoms with Crippen LogP contribution in [0.3, 0.4) is 0 Å². The smallest absolute Gasteiger partial charge is 0.263 e. The molecule has 2 aromatic rings. The Balaban J connectivity index is 1.96. The Morgan fingerprint density at radius 3 is 2.38 bits per heavy atom. The molecule has 0 aliphatic heterocycles. The summed E-state index contributed by atoms with van der Waals surface area (Å²) < 4.78 is 10.6. The molecule has 0 bridgehead atoms. The van der Waals surface area contributed by atoms with E-state index in [0.29, 0.717) is 27.6 Å². The van der Waals surface area contributed by atoms with Crippen molar-refractivity contribution in [3.8, 4) is 17.6 Å². The predicted molar refractivity (Wildman–Crippen MR) is 102 cm³/mol. The van der Waals surface area contributed by atoms with Crippen LogP contribution in [0.5, 0.6) is 11.5 Å². The molecular formula is C20H22N2O3S. The van der Waals surface area contributed by atoms with E-state index in [1.165, 1.54) is 43.3 Å². The van der Waals surface area contributed by atoms with Crippen molar-refractivity contribution < 1.29 is 14.3 Å². The van der Waals surface area contributed by atoms with E-state index < -0.39 is 0 Å². The molecule has 3 rings (SSSR count). The van der Waals surface area contributed by atoms with Gasteiger partial charge in [-0.2, -0.15) is 5.26 Å². The van der Waals surface area contributed by atoms with Gasteiger partial charge in [0.25, 0.3) is 5.91 Å². The maximum Gasteiger partial charge on any atom is 0.263 e. The van der Waals surface area contributed by atoms with Gasteiger partial charge in [-0.1, -0.05) is 18.9 Å². The van der Waals surface area contributed by atoms with E-state index in [0.717, 1.165) is 31.2 Å². The zero-order valence-electron chi connectivity index (χ0n) is 15.1. The monoisotopic (exact) mass is 370 g/mol. The molecule has 0 spiro atoms. The van der Waals surface area contributed by atoms with Gasteiger partial charge >= 0.3 is 0 Å². The van der Waals surface area contributed by atoms with Gasteiger partial charge in [0.1, 0.15) is 28.1 Å². The van der Waals surface area contributed by atoms with E-state index in [1.54, 1.807) is 18.2 Å². The van der Waals surface area contributed by atoms with Gasteiger partial charge in [-0.3, -0.25) is 4.79 Å². The molecule has 0 atom stereocenters. The summed E-state index contributed by atoms with van der Waals surface area (Å²) in [7, 11) is 3.03. The average molecular weight is 370 g/mol. The van der Waals surface area contributed by atoms with Gasteiger partial charge in [0, 0.05) is 4.88 Å². The Morgan fingerprint density at radius 1 is 1.12 bits per heavy atom. The van der Waals surface area contributed by atoms with Crippen LogP contribution in [0.25, 0.3) is 0 Å². The Morgan fingerprint density at radius 2 is 1.77 bits per heavy atom. The van der Waals surface area contributed by atoms with Gasteiger partial charge in [-0.15, -0.1) is 11.3 Å². The van der Waals surface area contributed by atoms with Crippen LogP contribution >= 0.6 is 11.3 Å². The van der Waals surface area contributed by atoms with Crippen LogP contribution in [0, 0.1) is 11.3 Å². The summed E-state index contributed by atoms with van der Waals surface area (Å²) >= 11 is 1.52. The number of nitrogens with one attached hydrogen (secondary N) is 1. The molecule has 6 heteroatoms. The van der Waals surface area contributed by atoms with Crippen LogP contribution in [0.15, 0.2) is 18.2 Å². The highest BCUT2D eigenvalue weighted by molar-refractivity contribution is 7.16. The minimum absolute atomic E-state index is 0.329. The van der Waals surface area contributed by atoms with Gasteiger partial charge in [0.2, 0.25) is 0 Å². The second-order valence-corrected chi connectivity index (χ2v) is 7.33. The number of ether oxygens (including phenoxy) is 2. The summed E-state index contributed by atoms with van der Waals surface area (Å²) in [5, 5.41) is 13.2. The second kappa shape index (κ2) is 8.24. The number of fused-ring (bicyclic) bond motifs is 1. The van der Waals surface area contributed by atoms with Crippen molar-refractivity contribution in [1.82, 2.24) is 0 Å². The number of anilines is 1. The summed E-state index contributed by atoms with van der Waals surface area (Å²) in [5.74, 6) is 0.551. The summed E-state index contributed by atoms with van der Waals surface area (Å²) in [6.07, 6.45) is 6.52. The highest BCUT2D eigenvalue weighted by atomic mass is 32.1. The van der Waals surface area contributed by atoms with Gasteiger partial charge in [-0.05, 0) is 43.4 Å². The highest BCUT2D eigenvalue weighted by Crippen LogP contribution is 2.38. The molecule has 0 radical (unpaired) electrons. The van der Waals surface area contributed by atoms with Crippen LogP contribution in [0.1, 0.15) is 52.0 Å². The fraction of sp³-hybridized carbons (Fsp3) is 0.400. The number of methoxy groups -OCH3 is 2. The van der Waals surface area contributed by atoms with Gasteiger partial charge < -0.3 is 14.8 Å². The van der Waals surface area contributed by atoms with Crippen molar-refractivity contribution in [3.05, 3.63) is 39.8 Å². The van der Waals surface area contributed by atoms with Crippen LogP contribution < -0.4 is 14.8 Å². The molecule has 1 aliphatic rings. The van der Waals surface area contributed by atoms with Crippen molar-refractivity contribution in [2.24, 2.45) is 0 Å². The predicted octanol–water partition coefficient (Wildman–Crippen LogP) is 4.55. The quantitative estimate of drug-likeness (QED) is 0.857. The molecule has 1 aliphatic carbocycles. The first-order valence-electron chi connectivity index (χ1n) is 8.76. The molecule has 26 heavy (non-hydrogen) atoms. The molecule has 1 aromatic heterocycles. The van der Waals surface area contributed by atoms with Gasteiger partial charge in [-0.25, -0.2) is 0 Å². The number of carbonyl (C=O) groups is 1. The number of nitriles is 1. The standard InChI is InChI=1S/C20H22N2O3S/c1-24-15-9-7-10-16(25-2)18(15)19(23)22-20-14(12-21)13-8-5-3-4-6-11-17(13)26-20/h7,9-10H,3-6,8,11H2,1-2H3,(H,22,23). The zero-order valence-corrected chi connectivity index (χ0v) is 15.9. The number of aryl methyl sites for hydroxylation is 1. The third kappa shape index (κ3) is 3.54. The third-order valence-corrected chi connectivity index (χ3v) is 5.87. The number of thiophene rings is 1. The molecule has 0 unspecified atom stereocenters. The lowest BCUT2D eigenvalue weighted by molar-refractivity contribution is 0.102. The van der Waals surface area contributed by atoms with E-state index in [2.05, 4.69) is 11.4 Å². The first kappa shape index (κ1) is 18.3. The van der Waals surface area contributed by atoms with Crippen molar-refractivity contribution in [2.75, 3.05) is 19.5 Å². The number of carbonyl (C=O) groups excluding carboxylic acids is 1. The van der Waals surface area contributed by atoms with Gasteiger partial charge in [0.05, 0.1) is 19.8 Å². The zero-order chi connectivity index (χ0) is 18.5. The molecule has 0 saturated carbocycles. The fourth-order valence-corrected chi connectivity index (χ4v) is 4.60. The number of hydrogen-bond donors (Lipinski definition) is 1. The number of benzene rings is 1. The minimum Gasteiger partial charge on any atom is -0.496 e. The van der Waals surface area contributed by atoms with E-state index in [1.807, 2.05) is 0 Å². The lowest BCUT2D eigenvalue weighted by atomic mass is 9.97. The Bertz CT molecular complexity index is 829. The molecule has 5 nitrogen and oxygen atoms in total. The Labute approximate surface area is 157 Å². The normalized spacial score (nSPS) is 13.7.